The number of carbonyl (C=O) groups is 1. The van der Waals surface area contributed by atoms with E-state index in [-0.39, 0.29) is 5.91 Å². The summed E-state index contributed by atoms with van der Waals surface area (Å²) < 4.78 is 0. The van der Waals surface area contributed by atoms with Crippen molar-refractivity contribution in [2.24, 2.45) is 0 Å². The van der Waals surface area contributed by atoms with Crippen LogP contribution < -0.4 is 16.0 Å². The smallest absolute Gasteiger partial charge is 0.221 e. The van der Waals surface area contributed by atoms with Crippen LogP contribution >= 0.6 is 12.2 Å². The Kier molecular flexibility index (Phi) is 6.93. The van der Waals surface area contributed by atoms with Crippen LogP contribution in [0.15, 0.2) is 0 Å². The molecule has 0 aromatic carbocycles. The van der Waals surface area contributed by atoms with Crippen LogP contribution in [0.5, 0.6) is 0 Å². The number of hydrogen-bond acceptors (Lipinski definition) is 2. The van der Waals surface area contributed by atoms with E-state index in [4.69, 9.17) is 12.2 Å². The Balaban J connectivity index is 2.01. The molecule has 0 saturated heterocycles. The van der Waals surface area contributed by atoms with E-state index in [1.807, 2.05) is 6.92 Å². The van der Waals surface area contributed by atoms with E-state index in [1.54, 1.807) is 0 Å². The first-order valence-electron chi connectivity index (χ1n) is 6.53. The summed E-state index contributed by atoms with van der Waals surface area (Å²) in [6.45, 7) is 3.40. The van der Waals surface area contributed by atoms with Gasteiger partial charge in [-0.25, -0.2) is 0 Å². The molecule has 98 valence electrons. The molecule has 1 saturated carbocycles. The van der Waals surface area contributed by atoms with Gasteiger partial charge in [0.1, 0.15) is 0 Å². The third-order valence-corrected chi connectivity index (χ3v) is 3.16. The largest absolute Gasteiger partial charge is 0.362 e. The summed E-state index contributed by atoms with van der Waals surface area (Å²) in [7, 11) is 0. The second-order valence-electron chi connectivity index (χ2n) is 4.48. The van der Waals surface area contributed by atoms with Gasteiger partial charge in [-0.15, -0.1) is 0 Å². The highest BCUT2D eigenvalue weighted by molar-refractivity contribution is 7.80. The molecule has 0 aromatic rings. The van der Waals surface area contributed by atoms with Gasteiger partial charge < -0.3 is 16.0 Å². The van der Waals surface area contributed by atoms with Gasteiger partial charge in [-0.1, -0.05) is 19.8 Å². The quantitative estimate of drug-likeness (QED) is 0.628. The summed E-state index contributed by atoms with van der Waals surface area (Å²) in [6.07, 6.45) is 6.45. The van der Waals surface area contributed by atoms with Gasteiger partial charge in [0.05, 0.1) is 0 Å². The van der Waals surface area contributed by atoms with Crippen molar-refractivity contribution >= 4 is 23.2 Å². The summed E-state index contributed by atoms with van der Waals surface area (Å²) in [6, 6.07) is 0.531. The maximum Gasteiger partial charge on any atom is 0.221 e. The Morgan fingerprint density at radius 3 is 2.59 bits per heavy atom. The topological polar surface area (TPSA) is 53.2 Å². The van der Waals surface area contributed by atoms with Gasteiger partial charge in [-0.3, -0.25) is 4.79 Å². The average Bonchev–Trinajstić information content (AvgIpc) is 2.79. The van der Waals surface area contributed by atoms with Crippen molar-refractivity contribution in [3.63, 3.8) is 0 Å². The van der Waals surface area contributed by atoms with E-state index in [9.17, 15) is 4.79 Å². The van der Waals surface area contributed by atoms with Crippen LogP contribution in [-0.4, -0.2) is 30.2 Å². The van der Waals surface area contributed by atoms with Gasteiger partial charge >= 0.3 is 0 Å². The van der Waals surface area contributed by atoms with Gasteiger partial charge in [0.2, 0.25) is 5.91 Å². The molecule has 1 aliphatic rings. The number of nitrogens with one attached hydrogen (secondary N) is 3. The lowest BCUT2D eigenvalue weighted by atomic mass is 10.3. The SMILES string of the molecule is CCCNC(=O)CCNC(=S)NC1CCCC1. The molecule has 4 nitrogen and oxygen atoms in total. The van der Waals surface area contributed by atoms with Crippen molar-refractivity contribution in [1.82, 2.24) is 16.0 Å². The number of hydrogen-bond donors (Lipinski definition) is 3. The van der Waals surface area contributed by atoms with Crippen molar-refractivity contribution in [2.45, 2.75) is 51.5 Å². The van der Waals surface area contributed by atoms with Crippen LogP contribution in [0.3, 0.4) is 0 Å². The van der Waals surface area contributed by atoms with Crippen molar-refractivity contribution in [2.75, 3.05) is 13.1 Å². The van der Waals surface area contributed by atoms with Crippen LogP contribution in [0.4, 0.5) is 0 Å². The highest BCUT2D eigenvalue weighted by Crippen LogP contribution is 2.17. The van der Waals surface area contributed by atoms with Crippen LogP contribution in [0.1, 0.15) is 45.4 Å². The monoisotopic (exact) mass is 257 g/mol. The Morgan fingerprint density at radius 2 is 1.94 bits per heavy atom. The maximum absolute atomic E-state index is 11.3. The van der Waals surface area contributed by atoms with E-state index in [0.717, 1.165) is 13.0 Å². The lowest BCUT2D eigenvalue weighted by Gasteiger charge is -2.15. The van der Waals surface area contributed by atoms with E-state index >= 15 is 0 Å². The highest BCUT2D eigenvalue weighted by Gasteiger charge is 2.15. The van der Waals surface area contributed by atoms with Gasteiger partial charge in [0, 0.05) is 25.6 Å². The Bertz CT molecular complexity index is 252. The molecule has 3 N–H and O–H groups in total. The number of amides is 1. The zero-order chi connectivity index (χ0) is 12.5. The van der Waals surface area contributed by atoms with Gasteiger partial charge in [-0.2, -0.15) is 0 Å². The zero-order valence-corrected chi connectivity index (χ0v) is 11.4. The fourth-order valence-electron chi connectivity index (χ4n) is 1.95. The fraction of sp³-hybridized carbons (Fsp3) is 0.833. The molecule has 1 rings (SSSR count). The molecule has 0 radical (unpaired) electrons. The predicted molar refractivity (Wildman–Crippen MR) is 73.9 cm³/mol. The Labute approximate surface area is 109 Å². The molecule has 0 bridgehead atoms. The first kappa shape index (κ1) is 14.2. The Morgan fingerprint density at radius 1 is 1.24 bits per heavy atom. The molecule has 1 aliphatic carbocycles. The van der Waals surface area contributed by atoms with Crippen molar-refractivity contribution in [1.29, 1.82) is 0 Å². The van der Waals surface area contributed by atoms with Gasteiger partial charge in [0.15, 0.2) is 5.11 Å². The van der Waals surface area contributed by atoms with Crippen molar-refractivity contribution in [3.8, 4) is 0 Å². The summed E-state index contributed by atoms with van der Waals surface area (Å²) in [5.74, 6) is 0.0861. The maximum atomic E-state index is 11.3. The van der Waals surface area contributed by atoms with E-state index in [2.05, 4.69) is 16.0 Å². The minimum atomic E-state index is 0.0861. The summed E-state index contributed by atoms with van der Waals surface area (Å²) in [5.41, 5.74) is 0. The molecule has 17 heavy (non-hydrogen) atoms. The average molecular weight is 257 g/mol. The van der Waals surface area contributed by atoms with Crippen molar-refractivity contribution in [3.05, 3.63) is 0 Å². The van der Waals surface area contributed by atoms with Crippen LogP contribution in [0.25, 0.3) is 0 Å². The van der Waals surface area contributed by atoms with Crippen LogP contribution in [0, 0.1) is 0 Å². The third kappa shape index (κ3) is 6.46. The zero-order valence-electron chi connectivity index (χ0n) is 10.6. The molecule has 0 aliphatic heterocycles. The van der Waals surface area contributed by atoms with Crippen LogP contribution in [-0.2, 0) is 4.79 Å². The molecule has 0 heterocycles. The molecular weight excluding hydrogens is 234 g/mol. The minimum Gasteiger partial charge on any atom is -0.362 e. The van der Waals surface area contributed by atoms with Gasteiger partial charge in [0.25, 0.3) is 0 Å². The van der Waals surface area contributed by atoms with Crippen LogP contribution in [0.2, 0.25) is 0 Å². The third-order valence-electron chi connectivity index (χ3n) is 2.90. The summed E-state index contributed by atoms with van der Waals surface area (Å²) in [5, 5.41) is 9.88. The molecule has 0 unspecified atom stereocenters. The normalized spacial score (nSPS) is 15.6. The highest BCUT2D eigenvalue weighted by atomic mass is 32.1. The minimum absolute atomic E-state index is 0.0861. The second kappa shape index (κ2) is 8.28. The molecule has 0 atom stereocenters. The lowest BCUT2D eigenvalue weighted by molar-refractivity contribution is -0.120. The number of thiocarbonyl (C=S) groups is 1. The first-order chi connectivity index (χ1) is 8.22. The summed E-state index contributed by atoms with van der Waals surface area (Å²) >= 11 is 5.18. The molecule has 0 aromatic heterocycles. The molecular formula is C12H23N3OS. The standard InChI is InChI=1S/C12H23N3OS/c1-2-8-13-11(16)7-9-14-12(17)15-10-5-3-4-6-10/h10H,2-9H2,1H3,(H,13,16)(H2,14,15,17). The summed E-state index contributed by atoms with van der Waals surface area (Å²) in [4.78, 5) is 11.3. The van der Waals surface area contributed by atoms with E-state index in [1.165, 1.54) is 25.7 Å². The van der Waals surface area contributed by atoms with Gasteiger partial charge in [-0.05, 0) is 31.5 Å². The fourth-order valence-corrected chi connectivity index (χ4v) is 2.22. The number of carbonyl (C=O) groups excluding carboxylic acids is 1. The van der Waals surface area contributed by atoms with E-state index < -0.39 is 0 Å². The van der Waals surface area contributed by atoms with Crippen molar-refractivity contribution < 1.29 is 4.79 Å². The first-order valence-corrected chi connectivity index (χ1v) is 6.94. The van der Waals surface area contributed by atoms with E-state index in [0.29, 0.717) is 24.1 Å². The molecule has 1 fully saturated rings. The molecule has 5 heteroatoms. The Hall–Kier alpha value is -0.840. The number of rotatable bonds is 6. The lowest BCUT2D eigenvalue weighted by Crippen LogP contribution is -2.42. The molecule has 1 amide bonds. The predicted octanol–water partition coefficient (Wildman–Crippen LogP) is 1.31. The molecule has 0 spiro atoms. The second-order valence-corrected chi connectivity index (χ2v) is 4.89.